The number of nitrogens with zero attached hydrogens (tertiary/aromatic N) is 4. The Balaban J connectivity index is 1.22. The summed E-state index contributed by atoms with van der Waals surface area (Å²) in [6.07, 6.45) is -4.40. The van der Waals surface area contributed by atoms with E-state index in [2.05, 4.69) is 20.3 Å². The Hall–Kier alpha value is -3.82. The van der Waals surface area contributed by atoms with Crippen molar-refractivity contribution in [3.05, 3.63) is 72.3 Å². The highest BCUT2D eigenvalue weighted by molar-refractivity contribution is 7.46. The highest BCUT2D eigenvalue weighted by atomic mass is 31.2. The summed E-state index contributed by atoms with van der Waals surface area (Å²) in [5.74, 6) is 0.239. The molecule has 15 heteroatoms. The summed E-state index contributed by atoms with van der Waals surface area (Å²) >= 11 is 0. The molecule has 0 saturated carbocycles. The average molecular weight is 634 g/mol. The standard InChI is InChI=1S/C30H28N5O9P/c36-10-19-18(44-45(40,41)42)9-20(43-19)35-12-33-25-29(31-11-32-30(25)35)34-24-23-16-7-6-14-3-1-2-13-4-5-15(22(16)21(13)14)8-17(23)26(37)28(39)27(24)38/h1-8,11-12,18-20,24,26-28,36-39H,9-10H2,(H,31,32,34)(H2,40,41,42)/t18-,19+,20+,24-,26-,27-,28+/m0/s1. The van der Waals surface area contributed by atoms with E-state index in [9.17, 15) is 34.8 Å². The molecule has 1 fully saturated rings. The van der Waals surface area contributed by atoms with Crippen LogP contribution in [0.2, 0.25) is 0 Å². The van der Waals surface area contributed by atoms with Crippen LogP contribution in [0.3, 0.4) is 0 Å². The van der Waals surface area contributed by atoms with Crippen molar-refractivity contribution in [1.82, 2.24) is 19.5 Å². The molecule has 2 aliphatic rings. The van der Waals surface area contributed by atoms with Crippen molar-refractivity contribution in [1.29, 1.82) is 0 Å². The van der Waals surface area contributed by atoms with Crippen LogP contribution in [-0.2, 0) is 13.8 Å². The topological polar surface area (TPSA) is 213 Å². The van der Waals surface area contributed by atoms with Crippen molar-refractivity contribution in [2.24, 2.45) is 0 Å². The van der Waals surface area contributed by atoms with Crippen molar-refractivity contribution in [3.8, 4) is 0 Å². The third-order valence-corrected chi connectivity index (χ3v) is 9.51. The zero-order chi connectivity index (χ0) is 31.2. The van der Waals surface area contributed by atoms with E-state index in [0.717, 1.165) is 32.3 Å². The van der Waals surface area contributed by atoms with Gasteiger partial charge in [0.25, 0.3) is 0 Å². The van der Waals surface area contributed by atoms with Crippen LogP contribution in [0, 0.1) is 0 Å². The Kier molecular flexibility index (Phi) is 6.59. The van der Waals surface area contributed by atoms with Gasteiger partial charge >= 0.3 is 7.82 Å². The van der Waals surface area contributed by atoms with E-state index in [4.69, 9.17) is 9.26 Å². The minimum atomic E-state index is -4.84. The second kappa shape index (κ2) is 10.4. The largest absolute Gasteiger partial charge is 0.469 e. The Bertz CT molecular complexity index is 2120. The summed E-state index contributed by atoms with van der Waals surface area (Å²) in [6, 6.07) is 15.0. The van der Waals surface area contributed by atoms with Crippen LogP contribution in [0.25, 0.3) is 43.5 Å². The maximum absolute atomic E-state index is 11.5. The van der Waals surface area contributed by atoms with Gasteiger partial charge in [0.1, 0.15) is 43.1 Å². The molecule has 1 aliphatic carbocycles. The minimum Gasteiger partial charge on any atom is -0.394 e. The minimum absolute atomic E-state index is 0.00602. The Labute approximate surface area is 254 Å². The van der Waals surface area contributed by atoms with Gasteiger partial charge in [0, 0.05) is 6.42 Å². The van der Waals surface area contributed by atoms with Crippen molar-refractivity contribution < 1.29 is 44.0 Å². The number of aliphatic hydroxyl groups is 4. The average Bonchev–Trinajstić information content (AvgIpc) is 3.64. The molecule has 0 radical (unpaired) electrons. The first-order chi connectivity index (χ1) is 21.6. The second-order valence-electron chi connectivity index (χ2n) is 11.5. The van der Waals surface area contributed by atoms with E-state index in [1.54, 1.807) is 4.57 Å². The van der Waals surface area contributed by atoms with Gasteiger partial charge in [-0.3, -0.25) is 9.09 Å². The molecule has 1 aliphatic heterocycles. The van der Waals surface area contributed by atoms with Gasteiger partial charge < -0.3 is 40.3 Å². The zero-order valence-corrected chi connectivity index (χ0v) is 24.3. The predicted octanol–water partition coefficient (Wildman–Crippen LogP) is 2.40. The van der Waals surface area contributed by atoms with E-state index in [1.807, 2.05) is 48.5 Å². The maximum atomic E-state index is 11.5. The van der Waals surface area contributed by atoms with Gasteiger partial charge in [-0.1, -0.05) is 42.5 Å². The number of hydrogen-bond donors (Lipinski definition) is 7. The van der Waals surface area contributed by atoms with E-state index in [1.165, 1.54) is 12.7 Å². The second-order valence-corrected chi connectivity index (χ2v) is 12.7. The molecule has 0 amide bonds. The molecule has 6 aromatic rings. The Morgan fingerprint density at radius 2 is 1.73 bits per heavy atom. The van der Waals surface area contributed by atoms with Gasteiger partial charge in [-0.25, -0.2) is 19.5 Å². The number of benzene rings is 4. The van der Waals surface area contributed by atoms with Crippen molar-refractivity contribution in [3.63, 3.8) is 0 Å². The normalized spacial score (nSPS) is 27.2. The summed E-state index contributed by atoms with van der Waals surface area (Å²) in [5, 5.41) is 52.3. The molecule has 3 heterocycles. The number of nitrogens with one attached hydrogen (secondary N) is 1. The van der Waals surface area contributed by atoms with Crippen molar-refractivity contribution in [2.75, 3.05) is 11.9 Å². The fourth-order valence-electron chi connectivity index (χ4n) is 6.98. The third-order valence-electron chi connectivity index (χ3n) is 8.96. The SMILES string of the molecule is O=P(O)(O)O[C@H]1C[C@H](n2cnc3c(N[C@H]4c5c(cc6ccc7cccc8ccc5c6c78)[C@H](O)[C@@H](O)[C@H]4O)ncnc32)O[C@@H]1CO. The number of aliphatic hydroxyl groups excluding tert-OH is 4. The molecule has 45 heavy (non-hydrogen) atoms. The molecule has 7 atom stereocenters. The summed E-state index contributed by atoms with van der Waals surface area (Å²) in [7, 11) is -4.84. The highest BCUT2D eigenvalue weighted by Crippen LogP contribution is 2.47. The molecule has 0 spiro atoms. The van der Waals surface area contributed by atoms with Crippen LogP contribution in [0.1, 0.15) is 35.9 Å². The molecular weight excluding hydrogens is 605 g/mol. The Morgan fingerprint density at radius 1 is 0.978 bits per heavy atom. The lowest BCUT2D eigenvalue weighted by Crippen LogP contribution is -2.44. The highest BCUT2D eigenvalue weighted by Gasteiger charge is 2.43. The van der Waals surface area contributed by atoms with Crippen molar-refractivity contribution >= 4 is 57.1 Å². The lowest BCUT2D eigenvalue weighted by molar-refractivity contribution is -0.0766. The first-order valence-electron chi connectivity index (χ1n) is 14.3. The zero-order valence-electron chi connectivity index (χ0n) is 23.4. The van der Waals surface area contributed by atoms with Crippen LogP contribution >= 0.6 is 7.82 Å². The quantitative estimate of drug-likeness (QED) is 0.104. The van der Waals surface area contributed by atoms with Gasteiger partial charge in [0.2, 0.25) is 0 Å². The number of anilines is 1. The van der Waals surface area contributed by atoms with Gasteiger partial charge in [-0.15, -0.1) is 0 Å². The predicted molar refractivity (Wildman–Crippen MR) is 161 cm³/mol. The number of ether oxygens (including phenoxy) is 1. The lowest BCUT2D eigenvalue weighted by Gasteiger charge is -2.39. The molecular formula is C30H28N5O9P. The lowest BCUT2D eigenvalue weighted by atomic mass is 9.77. The van der Waals surface area contributed by atoms with E-state index in [0.29, 0.717) is 22.3 Å². The Morgan fingerprint density at radius 3 is 2.49 bits per heavy atom. The molecule has 1 saturated heterocycles. The number of phosphoric acid groups is 1. The van der Waals surface area contributed by atoms with Gasteiger partial charge in [-0.2, -0.15) is 0 Å². The first kappa shape index (κ1) is 28.6. The van der Waals surface area contributed by atoms with Crippen LogP contribution < -0.4 is 5.32 Å². The fraction of sp³-hybridized carbons (Fsp3) is 0.300. The summed E-state index contributed by atoms with van der Waals surface area (Å²) in [4.78, 5) is 31.8. The number of hydrogen-bond acceptors (Lipinski definition) is 11. The number of aromatic nitrogens is 4. The molecule has 4 aromatic carbocycles. The van der Waals surface area contributed by atoms with Crippen LogP contribution in [0.5, 0.6) is 0 Å². The smallest absolute Gasteiger partial charge is 0.394 e. The van der Waals surface area contributed by atoms with Crippen molar-refractivity contribution in [2.45, 2.75) is 49.2 Å². The summed E-state index contributed by atoms with van der Waals surface area (Å²) < 4.78 is 23.7. The number of phosphoric ester groups is 1. The molecule has 7 N–H and O–H groups in total. The fourth-order valence-corrected chi connectivity index (χ4v) is 7.56. The number of imidazole rings is 1. The molecule has 0 bridgehead atoms. The maximum Gasteiger partial charge on any atom is 0.469 e. The van der Waals surface area contributed by atoms with Crippen LogP contribution in [0.4, 0.5) is 5.82 Å². The summed E-state index contributed by atoms with van der Waals surface area (Å²) in [5.41, 5.74) is 1.72. The monoisotopic (exact) mass is 633 g/mol. The van der Waals surface area contributed by atoms with E-state index < -0.39 is 57.2 Å². The van der Waals surface area contributed by atoms with E-state index in [-0.39, 0.29) is 12.2 Å². The first-order valence-corrected chi connectivity index (χ1v) is 15.8. The number of rotatable bonds is 6. The molecule has 2 aromatic heterocycles. The third kappa shape index (κ3) is 4.49. The van der Waals surface area contributed by atoms with Gasteiger partial charge in [0.05, 0.1) is 19.0 Å². The number of fused-ring (bicyclic) bond motifs is 3. The molecule has 8 rings (SSSR count). The van der Waals surface area contributed by atoms with Gasteiger partial charge in [-0.05, 0) is 49.5 Å². The molecule has 232 valence electrons. The summed E-state index contributed by atoms with van der Waals surface area (Å²) in [6.45, 7) is -0.523. The van der Waals surface area contributed by atoms with E-state index >= 15 is 0 Å². The molecule has 14 nitrogen and oxygen atoms in total. The van der Waals surface area contributed by atoms with Gasteiger partial charge in [0.15, 0.2) is 17.0 Å². The van der Waals surface area contributed by atoms with Crippen LogP contribution in [0.15, 0.2) is 61.2 Å². The molecule has 0 unspecified atom stereocenters. The van der Waals surface area contributed by atoms with Crippen LogP contribution in [-0.4, -0.2) is 80.8 Å².